The van der Waals surface area contributed by atoms with Crippen molar-refractivity contribution in [2.24, 2.45) is 0 Å². The van der Waals surface area contributed by atoms with Crippen LogP contribution in [0.3, 0.4) is 0 Å². The molecule has 2 heteroatoms. The van der Waals surface area contributed by atoms with Gasteiger partial charge < -0.3 is 4.74 Å². The molecule has 0 aliphatic carbocycles. The molecular formula is C9H14O2. The molecule has 0 bridgehead atoms. The van der Waals surface area contributed by atoms with Gasteiger partial charge in [-0.3, -0.25) is 4.79 Å². The Hall–Kier alpha value is -1.05. The van der Waals surface area contributed by atoms with Gasteiger partial charge in [0, 0.05) is 6.92 Å². The lowest BCUT2D eigenvalue weighted by Crippen LogP contribution is -1.88. The molecule has 0 saturated heterocycles. The van der Waals surface area contributed by atoms with Gasteiger partial charge in [0.2, 0.25) is 0 Å². The summed E-state index contributed by atoms with van der Waals surface area (Å²) in [5, 5.41) is 0. The number of esters is 1. The molecule has 0 saturated carbocycles. The van der Waals surface area contributed by atoms with E-state index >= 15 is 0 Å². The number of rotatable bonds is 4. The molecule has 0 fully saturated rings. The smallest absolute Gasteiger partial charge is 0.307 e. The maximum Gasteiger partial charge on any atom is 0.307 e. The molecule has 0 heterocycles. The van der Waals surface area contributed by atoms with Crippen LogP contribution < -0.4 is 0 Å². The summed E-state index contributed by atoms with van der Waals surface area (Å²) in [6, 6.07) is 0. The molecule has 0 aliphatic heterocycles. The summed E-state index contributed by atoms with van der Waals surface area (Å²) >= 11 is 0. The molecular weight excluding hydrogens is 140 g/mol. The first-order chi connectivity index (χ1) is 5.27. The summed E-state index contributed by atoms with van der Waals surface area (Å²) < 4.78 is 4.58. The van der Waals surface area contributed by atoms with E-state index in [-0.39, 0.29) is 5.97 Å². The summed E-state index contributed by atoms with van der Waals surface area (Å²) in [7, 11) is 0. The molecule has 0 N–H and O–H groups in total. The quantitative estimate of drug-likeness (QED) is 0.269. The van der Waals surface area contributed by atoms with E-state index in [1.165, 1.54) is 13.2 Å². The van der Waals surface area contributed by atoms with Gasteiger partial charge >= 0.3 is 5.97 Å². The fourth-order valence-electron chi connectivity index (χ4n) is 0.571. The molecule has 0 aromatic carbocycles. The number of unbranched alkanes of at least 4 members (excludes halogenated alkanes) is 1. The Morgan fingerprint density at radius 1 is 1.36 bits per heavy atom. The number of carbonyl (C=O) groups is 1. The van der Waals surface area contributed by atoms with E-state index in [2.05, 4.69) is 10.8 Å². The minimum Gasteiger partial charge on any atom is -0.435 e. The topological polar surface area (TPSA) is 26.3 Å². The summed E-state index contributed by atoms with van der Waals surface area (Å²) in [6.45, 7) is 3.37. The lowest BCUT2D eigenvalue weighted by molar-refractivity contribution is -0.135. The molecule has 0 atom stereocenters. The van der Waals surface area contributed by atoms with Crippen LogP contribution in [0.15, 0.2) is 24.5 Å². The van der Waals surface area contributed by atoms with Crippen LogP contribution in [0.4, 0.5) is 0 Å². The van der Waals surface area contributed by atoms with Gasteiger partial charge in [0.25, 0.3) is 0 Å². The van der Waals surface area contributed by atoms with Gasteiger partial charge in [-0.05, 0) is 25.8 Å². The van der Waals surface area contributed by atoms with Gasteiger partial charge in [-0.2, -0.15) is 0 Å². The third kappa shape index (κ3) is 8.95. The van der Waals surface area contributed by atoms with E-state index in [9.17, 15) is 4.79 Å². The van der Waals surface area contributed by atoms with Crippen molar-refractivity contribution in [3.8, 4) is 0 Å². The Morgan fingerprint density at radius 3 is 2.55 bits per heavy atom. The second kappa shape index (κ2) is 7.06. The highest BCUT2D eigenvalue weighted by Crippen LogP contribution is 1.92. The van der Waals surface area contributed by atoms with Crippen LogP contribution in [0.1, 0.15) is 26.7 Å². The van der Waals surface area contributed by atoms with Crippen molar-refractivity contribution in [2.45, 2.75) is 26.7 Å². The zero-order valence-electron chi connectivity index (χ0n) is 7.04. The van der Waals surface area contributed by atoms with Crippen molar-refractivity contribution in [1.29, 1.82) is 0 Å². The average molecular weight is 154 g/mol. The van der Waals surface area contributed by atoms with Gasteiger partial charge in [0.1, 0.15) is 0 Å². The Balaban J connectivity index is 3.23. The Kier molecular flexibility index (Phi) is 6.39. The minimum absolute atomic E-state index is 0.271. The normalized spacial score (nSPS) is 11.1. The Morgan fingerprint density at radius 2 is 2.00 bits per heavy atom. The van der Waals surface area contributed by atoms with Crippen LogP contribution in [0.2, 0.25) is 0 Å². The van der Waals surface area contributed by atoms with Crippen LogP contribution in [-0.4, -0.2) is 5.97 Å². The standard InChI is InChI=1S/C9H14O2/c1-3-4-5-6-7-8-11-9(2)10/h3-4,7-8H,5-6H2,1-2H3. The number of ether oxygens (including phenoxy) is 1. The zero-order valence-corrected chi connectivity index (χ0v) is 7.04. The fourth-order valence-corrected chi connectivity index (χ4v) is 0.571. The minimum atomic E-state index is -0.271. The first-order valence-electron chi connectivity index (χ1n) is 3.70. The van der Waals surface area contributed by atoms with E-state index in [4.69, 9.17) is 0 Å². The predicted molar refractivity (Wildman–Crippen MR) is 45.0 cm³/mol. The molecule has 0 radical (unpaired) electrons. The second-order valence-corrected chi connectivity index (χ2v) is 2.13. The highest BCUT2D eigenvalue weighted by Gasteiger charge is 1.83. The zero-order chi connectivity index (χ0) is 8.53. The van der Waals surface area contributed by atoms with Gasteiger partial charge in [-0.25, -0.2) is 0 Å². The van der Waals surface area contributed by atoms with Crippen molar-refractivity contribution in [3.63, 3.8) is 0 Å². The fraction of sp³-hybridized carbons (Fsp3) is 0.444. The molecule has 0 unspecified atom stereocenters. The molecule has 2 nitrogen and oxygen atoms in total. The van der Waals surface area contributed by atoms with Gasteiger partial charge in [0.05, 0.1) is 6.26 Å². The van der Waals surface area contributed by atoms with Crippen LogP contribution in [0.25, 0.3) is 0 Å². The average Bonchev–Trinajstić information content (AvgIpc) is 1.96. The van der Waals surface area contributed by atoms with E-state index in [0.29, 0.717) is 0 Å². The SMILES string of the molecule is CC=CCCC=COC(C)=O. The van der Waals surface area contributed by atoms with Gasteiger partial charge in [-0.15, -0.1) is 0 Å². The lowest BCUT2D eigenvalue weighted by atomic mass is 10.3. The molecule has 0 rings (SSSR count). The van der Waals surface area contributed by atoms with Crippen molar-refractivity contribution >= 4 is 5.97 Å². The van der Waals surface area contributed by atoms with Crippen LogP contribution in [-0.2, 0) is 9.53 Å². The lowest BCUT2D eigenvalue weighted by Gasteiger charge is -1.89. The van der Waals surface area contributed by atoms with Crippen molar-refractivity contribution in [2.75, 3.05) is 0 Å². The Bertz CT molecular complexity index is 157. The monoisotopic (exact) mass is 154 g/mol. The van der Waals surface area contributed by atoms with Gasteiger partial charge in [-0.1, -0.05) is 12.2 Å². The third-order valence-corrected chi connectivity index (χ3v) is 1.07. The highest BCUT2D eigenvalue weighted by molar-refractivity contribution is 5.66. The van der Waals surface area contributed by atoms with Crippen LogP contribution >= 0.6 is 0 Å². The summed E-state index contributed by atoms with van der Waals surface area (Å²) in [6.07, 6.45) is 9.25. The number of carbonyl (C=O) groups excluding carboxylic acids is 1. The van der Waals surface area contributed by atoms with Crippen LogP contribution in [0.5, 0.6) is 0 Å². The van der Waals surface area contributed by atoms with E-state index in [1.807, 2.05) is 19.1 Å². The third-order valence-electron chi connectivity index (χ3n) is 1.07. The van der Waals surface area contributed by atoms with Crippen molar-refractivity contribution in [1.82, 2.24) is 0 Å². The van der Waals surface area contributed by atoms with E-state index < -0.39 is 0 Å². The van der Waals surface area contributed by atoms with E-state index in [1.54, 1.807) is 0 Å². The summed E-state index contributed by atoms with van der Waals surface area (Å²) in [4.78, 5) is 10.2. The first-order valence-corrected chi connectivity index (χ1v) is 3.70. The van der Waals surface area contributed by atoms with Crippen molar-refractivity contribution < 1.29 is 9.53 Å². The molecule has 11 heavy (non-hydrogen) atoms. The summed E-state index contributed by atoms with van der Waals surface area (Å²) in [5.41, 5.74) is 0. The molecule has 0 amide bonds. The maximum absolute atomic E-state index is 10.2. The largest absolute Gasteiger partial charge is 0.435 e. The molecule has 0 aromatic rings. The number of hydrogen-bond acceptors (Lipinski definition) is 2. The Labute approximate surface area is 67.6 Å². The summed E-state index contributed by atoms with van der Waals surface area (Å²) in [5.74, 6) is -0.271. The maximum atomic E-state index is 10.2. The number of hydrogen-bond donors (Lipinski definition) is 0. The molecule has 0 spiro atoms. The van der Waals surface area contributed by atoms with Crippen molar-refractivity contribution in [3.05, 3.63) is 24.5 Å². The number of allylic oxidation sites excluding steroid dienone is 3. The molecule has 0 aliphatic rings. The predicted octanol–water partition coefficient (Wildman–Crippen LogP) is 2.42. The highest BCUT2D eigenvalue weighted by atomic mass is 16.5. The van der Waals surface area contributed by atoms with E-state index in [0.717, 1.165) is 12.8 Å². The van der Waals surface area contributed by atoms with Gasteiger partial charge in [0.15, 0.2) is 0 Å². The molecule has 62 valence electrons. The first kappa shape index (κ1) is 9.95. The second-order valence-electron chi connectivity index (χ2n) is 2.13. The van der Waals surface area contributed by atoms with Crippen LogP contribution in [0, 0.1) is 0 Å². The molecule has 0 aromatic heterocycles.